The number of carbonyl (C=O) groups is 1. The Labute approximate surface area is 143 Å². The molecule has 3 aromatic rings. The number of carbonyl (C=O) groups excluding carboxylic acids is 1. The molecule has 0 saturated heterocycles. The smallest absolute Gasteiger partial charge is 0.342 e. The van der Waals surface area contributed by atoms with Gasteiger partial charge in [-0.05, 0) is 40.6 Å². The summed E-state index contributed by atoms with van der Waals surface area (Å²) in [6.07, 6.45) is 0. The van der Waals surface area contributed by atoms with Crippen molar-refractivity contribution >= 4 is 32.7 Å². The minimum Gasteiger partial charge on any atom is -0.496 e. The van der Waals surface area contributed by atoms with Crippen LogP contribution in [0, 0.1) is 0 Å². The van der Waals surface area contributed by atoms with Crippen molar-refractivity contribution in [2.24, 2.45) is 0 Å². The summed E-state index contributed by atoms with van der Waals surface area (Å²) in [7, 11) is 1.55. The predicted octanol–water partition coefficient (Wildman–Crippen LogP) is 4.97. The second kappa shape index (κ2) is 6.84. The Bertz CT molecular complexity index is 858. The molecule has 0 atom stereocenters. The van der Waals surface area contributed by atoms with Crippen LogP contribution in [0.5, 0.6) is 5.75 Å². The molecule has 0 aromatic heterocycles. The lowest BCUT2D eigenvalue weighted by Crippen LogP contribution is -2.07. The van der Waals surface area contributed by atoms with E-state index in [9.17, 15) is 4.79 Å². The molecule has 0 fully saturated rings. The monoisotopic (exact) mass is 370 g/mol. The van der Waals surface area contributed by atoms with Crippen molar-refractivity contribution in [1.82, 2.24) is 0 Å². The van der Waals surface area contributed by atoms with Crippen LogP contribution in [-0.4, -0.2) is 13.1 Å². The Morgan fingerprint density at radius 2 is 1.74 bits per heavy atom. The highest BCUT2D eigenvalue weighted by Gasteiger charge is 2.15. The zero-order chi connectivity index (χ0) is 16.2. The van der Waals surface area contributed by atoms with E-state index in [0.29, 0.717) is 11.3 Å². The second-order valence-corrected chi connectivity index (χ2v) is 6.02. The third-order valence-corrected chi connectivity index (χ3v) is 4.04. The first-order valence-corrected chi connectivity index (χ1v) is 7.95. The fourth-order valence-electron chi connectivity index (χ4n) is 2.40. The molecule has 0 N–H and O–H groups in total. The van der Waals surface area contributed by atoms with E-state index in [0.717, 1.165) is 20.8 Å². The summed E-state index contributed by atoms with van der Waals surface area (Å²) in [5, 5.41) is 2.00. The summed E-state index contributed by atoms with van der Waals surface area (Å²) in [5.41, 5.74) is 1.36. The van der Waals surface area contributed by atoms with Gasteiger partial charge in [0.2, 0.25) is 0 Å². The molecule has 0 aliphatic carbocycles. The molecule has 0 saturated carbocycles. The zero-order valence-corrected chi connectivity index (χ0v) is 14.2. The average molecular weight is 371 g/mol. The third-order valence-electron chi connectivity index (χ3n) is 3.55. The van der Waals surface area contributed by atoms with Gasteiger partial charge < -0.3 is 9.47 Å². The molecule has 0 bridgehead atoms. The van der Waals surface area contributed by atoms with Gasteiger partial charge in [-0.2, -0.15) is 0 Å². The summed E-state index contributed by atoms with van der Waals surface area (Å²) in [5.74, 6) is 0.121. The summed E-state index contributed by atoms with van der Waals surface area (Å²) in [6, 6.07) is 19.2. The zero-order valence-electron chi connectivity index (χ0n) is 12.6. The summed E-state index contributed by atoms with van der Waals surface area (Å²) >= 11 is 3.40. The second-order valence-electron chi connectivity index (χ2n) is 5.11. The van der Waals surface area contributed by atoms with Gasteiger partial charge >= 0.3 is 5.97 Å². The van der Waals surface area contributed by atoms with Crippen LogP contribution in [0.3, 0.4) is 0 Å². The van der Waals surface area contributed by atoms with E-state index in [1.807, 2.05) is 54.6 Å². The molecule has 3 nitrogen and oxygen atoms in total. The van der Waals surface area contributed by atoms with Crippen LogP contribution in [0.2, 0.25) is 0 Å². The van der Waals surface area contributed by atoms with Gasteiger partial charge in [-0.3, -0.25) is 0 Å². The number of hydrogen-bond acceptors (Lipinski definition) is 3. The highest BCUT2D eigenvalue weighted by molar-refractivity contribution is 9.10. The Morgan fingerprint density at radius 1 is 1.00 bits per heavy atom. The maximum absolute atomic E-state index is 12.4. The number of esters is 1. The summed E-state index contributed by atoms with van der Waals surface area (Å²) in [6.45, 7) is 0.217. The number of halogens is 1. The van der Waals surface area contributed by atoms with Crippen LogP contribution in [0.15, 0.2) is 65.1 Å². The van der Waals surface area contributed by atoms with Crippen molar-refractivity contribution in [3.8, 4) is 5.75 Å². The minimum absolute atomic E-state index is 0.217. The molecule has 116 valence electrons. The maximum Gasteiger partial charge on any atom is 0.342 e. The van der Waals surface area contributed by atoms with E-state index in [2.05, 4.69) is 15.9 Å². The topological polar surface area (TPSA) is 35.5 Å². The molecule has 0 aliphatic heterocycles. The molecular formula is C19H15BrO3. The lowest BCUT2D eigenvalue weighted by atomic mass is 10.1. The Kier molecular flexibility index (Phi) is 4.63. The van der Waals surface area contributed by atoms with E-state index in [1.54, 1.807) is 13.2 Å². The van der Waals surface area contributed by atoms with Crippen molar-refractivity contribution in [2.45, 2.75) is 6.61 Å². The Balaban J connectivity index is 1.85. The van der Waals surface area contributed by atoms with Gasteiger partial charge in [-0.1, -0.05) is 52.3 Å². The molecule has 23 heavy (non-hydrogen) atoms. The number of hydrogen-bond donors (Lipinski definition) is 0. The fraction of sp³-hybridized carbons (Fsp3) is 0.105. The lowest BCUT2D eigenvalue weighted by Gasteiger charge is -2.11. The largest absolute Gasteiger partial charge is 0.496 e. The normalized spacial score (nSPS) is 10.5. The molecule has 0 spiro atoms. The average Bonchev–Trinajstić information content (AvgIpc) is 2.58. The molecule has 0 heterocycles. The van der Waals surface area contributed by atoms with E-state index < -0.39 is 5.97 Å². The van der Waals surface area contributed by atoms with Crippen LogP contribution >= 0.6 is 15.9 Å². The van der Waals surface area contributed by atoms with E-state index in [1.165, 1.54) is 0 Å². The van der Waals surface area contributed by atoms with E-state index in [-0.39, 0.29) is 6.61 Å². The van der Waals surface area contributed by atoms with Gasteiger partial charge in [0, 0.05) is 4.47 Å². The predicted molar refractivity (Wildman–Crippen MR) is 93.8 cm³/mol. The standard InChI is InChI=1S/C19H15BrO3/c1-22-18-11-15-7-3-2-6-14(15)10-17(18)19(21)23-12-13-5-4-8-16(20)9-13/h2-11H,12H2,1H3. The van der Waals surface area contributed by atoms with Gasteiger partial charge in [0.1, 0.15) is 17.9 Å². The maximum atomic E-state index is 12.4. The highest BCUT2D eigenvalue weighted by Crippen LogP contribution is 2.27. The molecule has 0 aliphatic rings. The minimum atomic E-state index is -0.396. The molecule has 4 heteroatoms. The number of benzene rings is 3. The molecule has 0 radical (unpaired) electrons. The van der Waals surface area contributed by atoms with Crippen LogP contribution < -0.4 is 4.74 Å². The third kappa shape index (κ3) is 3.54. The molecular weight excluding hydrogens is 356 g/mol. The molecule has 3 rings (SSSR count). The van der Waals surface area contributed by atoms with Gasteiger partial charge in [0.15, 0.2) is 0 Å². The number of ether oxygens (including phenoxy) is 2. The SMILES string of the molecule is COc1cc2ccccc2cc1C(=O)OCc1cccc(Br)c1. The first kappa shape index (κ1) is 15.6. The van der Waals surface area contributed by atoms with Gasteiger partial charge in [-0.25, -0.2) is 4.79 Å². The van der Waals surface area contributed by atoms with Crippen molar-refractivity contribution in [3.63, 3.8) is 0 Å². The van der Waals surface area contributed by atoms with Crippen LogP contribution in [0.25, 0.3) is 10.8 Å². The van der Waals surface area contributed by atoms with Crippen LogP contribution in [0.4, 0.5) is 0 Å². The summed E-state index contributed by atoms with van der Waals surface area (Å²) < 4.78 is 11.7. The fourth-order valence-corrected chi connectivity index (χ4v) is 2.85. The quantitative estimate of drug-likeness (QED) is 0.608. The lowest BCUT2D eigenvalue weighted by molar-refractivity contribution is 0.0469. The van der Waals surface area contributed by atoms with Crippen LogP contribution in [0.1, 0.15) is 15.9 Å². The Morgan fingerprint density at radius 3 is 2.43 bits per heavy atom. The molecule has 0 amide bonds. The number of fused-ring (bicyclic) bond motifs is 1. The first-order chi connectivity index (χ1) is 11.2. The molecule has 3 aromatic carbocycles. The highest BCUT2D eigenvalue weighted by atomic mass is 79.9. The molecule has 0 unspecified atom stereocenters. The number of methoxy groups -OCH3 is 1. The van der Waals surface area contributed by atoms with Crippen molar-refractivity contribution in [2.75, 3.05) is 7.11 Å². The van der Waals surface area contributed by atoms with Gasteiger partial charge in [0.25, 0.3) is 0 Å². The summed E-state index contributed by atoms with van der Waals surface area (Å²) in [4.78, 5) is 12.4. The Hall–Kier alpha value is -2.33. The van der Waals surface area contributed by atoms with Crippen LogP contribution in [-0.2, 0) is 11.3 Å². The van der Waals surface area contributed by atoms with Crippen molar-refractivity contribution < 1.29 is 14.3 Å². The van der Waals surface area contributed by atoms with E-state index in [4.69, 9.17) is 9.47 Å². The van der Waals surface area contributed by atoms with E-state index >= 15 is 0 Å². The van der Waals surface area contributed by atoms with Crippen molar-refractivity contribution in [3.05, 3.63) is 76.3 Å². The number of rotatable bonds is 4. The first-order valence-electron chi connectivity index (χ1n) is 7.16. The van der Waals surface area contributed by atoms with Gasteiger partial charge in [0.05, 0.1) is 7.11 Å². The van der Waals surface area contributed by atoms with Crippen molar-refractivity contribution in [1.29, 1.82) is 0 Å². The van der Waals surface area contributed by atoms with Gasteiger partial charge in [-0.15, -0.1) is 0 Å².